The summed E-state index contributed by atoms with van der Waals surface area (Å²) in [6.07, 6.45) is 6.16. The Labute approximate surface area is 101 Å². The minimum Gasteiger partial charge on any atom is -0.356 e. The van der Waals surface area contributed by atoms with Crippen molar-refractivity contribution in [1.29, 1.82) is 0 Å². The zero-order valence-corrected chi connectivity index (χ0v) is 9.95. The van der Waals surface area contributed by atoms with Crippen LogP contribution >= 0.6 is 11.6 Å². The van der Waals surface area contributed by atoms with Crippen molar-refractivity contribution >= 4 is 17.3 Å². The summed E-state index contributed by atoms with van der Waals surface area (Å²) in [6.45, 7) is 2.20. The molecular formula is C13H15ClN2. The number of anilines is 1. The van der Waals surface area contributed by atoms with E-state index in [2.05, 4.69) is 28.1 Å². The van der Waals surface area contributed by atoms with E-state index in [0.717, 1.165) is 11.7 Å². The minimum absolute atomic E-state index is 0.799. The topological polar surface area (TPSA) is 6.48 Å². The molecule has 0 saturated carbocycles. The van der Waals surface area contributed by atoms with E-state index in [0.29, 0.717) is 0 Å². The van der Waals surface area contributed by atoms with Gasteiger partial charge in [-0.2, -0.15) is 0 Å². The van der Waals surface area contributed by atoms with E-state index in [4.69, 9.17) is 11.6 Å². The summed E-state index contributed by atoms with van der Waals surface area (Å²) in [5.41, 5.74) is 2.72. The van der Waals surface area contributed by atoms with Crippen LogP contribution in [0.3, 0.4) is 0 Å². The number of rotatable bonds is 1. The molecule has 2 heterocycles. The molecule has 2 aliphatic heterocycles. The standard InChI is InChI=1S/C13H15ClN2/c14-11-4-6-12(7-5-11)16-9-13-3-1-2-8-15(13)10-16/h4-7,9H,1-3,8,10H2. The molecule has 1 aromatic carbocycles. The lowest BCUT2D eigenvalue weighted by Crippen LogP contribution is -2.29. The van der Waals surface area contributed by atoms with Crippen LogP contribution in [0.4, 0.5) is 5.69 Å². The second-order valence-corrected chi connectivity index (χ2v) is 4.87. The van der Waals surface area contributed by atoms with Gasteiger partial charge in [0.2, 0.25) is 0 Å². The maximum absolute atomic E-state index is 5.90. The Kier molecular flexibility index (Phi) is 2.52. The van der Waals surface area contributed by atoms with Gasteiger partial charge in [0.15, 0.2) is 0 Å². The lowest BCUT2D eigenvalue weighted by Gasteiger charge is -2.27. The summed E-state index contributed by atoms with van der Waals surface area (Å²) < 4.78 is 0. The average molecular weight is 235 g/mol. The van der Waals surface area contributed by atoms with Crippen LogP contribution in [0.5, 0.6) is 0 Å². The first-order valence-corrected chi connectivity index (χ1v) is 6.18. The van der Waals surface area contributed by atoms with Crippen molar-refractivity contribution in [2.24, 2.45) is 0 Å². The molecular weight excluding hydrogens is 220 g/mol. The van der Waals surface area contributed by atoms with Crippen LogP contribution in [0.25, 0.3) is 0 Å². The zero-order chi connectivity index (χ0) is 11.0. The summed E-state index contributed by atoms with van der Waals surface area (Å²) in [7, 11) is 0. The predicted octanol–water partition coefficient (Wildman–Crippen LogP) is 3.44. The van der Waals surface area contributed by atoms with E-state index in [9.17, 15) is 0 Å². The summed E-state index contributed by atoms with van der Waals surface area (Å²) >= 11 is 5.90. The molecule has 1 saturated heterocycles. The SMILES string of the molecule is Clc1ccc(N2C=C3CCCCN3C2)cc1. The van der Waals surface area contributed by atoms with Crippen LogP contribution in [-0.2, 0) is 0 Å². The fourth-order valence-corrected chi connectivity index (χ4v) is 2.54. The fourth-order valence-electron chi connectivity index (χ4n) is 2.41. The Hall–Kier alpha value is -1.15. The van der Waals surface area contributed by atoms with Crippen LogP contribution in [0.2, 0.25) is 5.02 Å². The maximum atomic E-state index is 5.90. The van der Waals surface area contributed by atoms with Gasteiger partial charge in [0.1, 0.15) is 0 Å². The van der Waals surface area contributed by atoms with E-state index in [1.807, 2.05) is 12.1 Å². The number of fused-ring (bicyclic) bond motifs is 1. The highest BCUT2D eigenvalue weighted by Gasteiger charge is 2.23. The molecule has 0 radical (unpaired) electrons. The number of hydrogen-bond donors (Lipinski definition) is 0. The summed E-state index contributed by atoms with van der Waals surface area (Å²) in [5, 5.41) is 0.799. The molecule has 0 atom stereocenters. The first-order chi connectivity index (χ1) is 7.83. The first-order valence-electron chi connectivity index (χ1n) is 5.81. The average Bonchev–Trinajstić information content (AvgIpc) is 2.73. The Morgan fingerprint density at radius 3 is 2.62 bits per heavy atom. The van der Waals surface area contributed by atoms with E-state index in [1.54, 1.807) is 0 Å². The molecule has 0 spiro atoms. The molecule has 2 nitrogen and oxygen atoms in total. The van der Waals surface area contributed by atoms with Gasteiger partial charge in [0.25, 0.3) is 0 Å². The number of halogens is 1. The maximum Gasteiger partial charge on any atom is 0.0944 e. The van der Waals surface area contributed by atoms with Gasteiger partial charge in [-0.3, -0.25) is 0 Å². The Morgan fingerprint density at radius 2 is 1.88 bits per heavy atom. The van der Waals surface area contributed by atoms with Crippen LogP contribution < -0.4 is 4.90 Å². The van der Waals surface area contributed by atoms with Gasteiger partial charge in [-0.05, 0) is 43.5 Å². The lowest BCUT2D eigenvalue weighted by atomic mass is 10.1. The van der Waals surface area contributed by atoms with Crippen molar-refractivity contribution in [3.63, 3.8) is 0 Å². The summed E-state index contributed by atoms with van der Waals surface area (Å²) in [4.78, 5) is 4.77. The molecule has 0 unspecified atom stereocenters. The van der Waals surface area contributed by atoms with Crippen molar-refractivity contribution in [1.82, 2.24) is 4.90 Å². The second-order valence-electron chi connectivity index (χ2n) is 4.43. The van der Waals surface area contributed by atoms with Crippen molar-refractivity contribution in [3.8, 4) is 0 Å². The Balaban J connectivity index is 1.82. The molecule has 0 N–H and O–H groups in total. The fraction of sp³-hybridized carbons (Fsp3) is 0.385. The van der Waals surface area contributed by atoms with Crippen molar-refractivity contribution in [3.05, 3.63) is 41.2 Å². The van der Waals surface area contributed by atoms with Gasteiger partial charge in [-0.25, -0.2) is 0 Å². The van der Waals surface area contributed by atoms with E-state index in [1.165, 1.54) is 37.2 Å². The van der Waals surface area contributed by atoms with Crippen LogP contribution in [-0.4, -0.2) is 18.1 Å². The monoisotopic (exact) mass is 234 g/mol. The molecule has 84 valence electrons. The van der Waals surface area contributed by atoms with Crippen LogP contribution in [0, 0.1) is 0 Å². The highest BCUT2D eigenvalue weighted by Crippen LogP contribution is 2.29. The minimum atomic E-state index is 0.799. The normalized spacial score (nSPS) is 19.7. The second kappa shape index (κ2) is 4.02. The predicted molar refractivity (Wildman–Crippen MR) is 67.4 cm³/mol. The van der Waals surface area contributed by atoms with Crippen molar-refractivity contribution in [2.75, 3.05) is 18.1 Å². The molecule has 2 aliphatic rings. The largest absolute Gasteiger partial charge is 0.356 e. The molecule has 16 heavy (non-hydrogen) atoms. The van der Waals surface area contributed by atoms with Gasteiger partial charge in [-0.15, -0.1) is 0 Å². The van der Waals surface area contributed by atoms with Crippen molar-refractivity contribution < 1.29 is 0 Å². The number of allylic oxidation sites excluding steroid dienone is 1. The van der Waals surface area contributed by atoms with Crippen LogP contribution in [0.15, 0.2) is 36.2 Å². The number of nitrogens with zero attached hydrogens (tertiary/aromatic N) is 2. The van der Waals surface area contributed by atoms with Gasteiger partial charge < -0.3 is 9.80 Å². The highest BCUT2D eigenvalue weighted by molar-refractivity contribution is 6.30. The van der Waals surface area contributed by atoms with Gasteiger partial charge in [0, 0.05) is 29.2 Å². The van der Waals surface area contributed by atoms with Crippen LogP contribution in [0.1, 0.15) is 19.3 Å². The van der Waals surface area contributed by atoms with E-state index in [-0.39, 0.29) is 0 Å². The molecule has 1 fully saturated rings. The third-order valence-corrected chi connectivity index (χ3v) is 3.56. The van der Waals surface area contributed by atoms with Gasteiger partial charge in [0.05, 0.1) is 6.67 Å². The third kappa shape index (κ3) is 1.78. The number of piperidine rings is 1. The number of hydrogen-bond acceptors (Lipinski definition) is 2. The van der Waals surface area contributed by atoms with E-state index >= 15 is 0 Å². The molecule has 0 aromatic heterocycles. The molecule has 0 amide bonds. The highest BCUT2D eigenvalue weighted by atomic mass is 35.5. The zero-order valence-electron chi connectivity index (χ0n) is 9.19. The van der Waals surface area contributed by atoms with Crippen molar-refractivity contribution in [2.45, 2.75) is 19.3 Å². The Bertz CT molecular complexity index is 410. The van der Waals surface area contributed by atoms with Gasteiger partial charge >= 0.3 is 0 Å². The lowest BCUT2D eigenvalue weighted by molar-refractivity contribution is 0.318. The molecule has 0 bridgehead atoms. The molecule has 3 rings (SSSR count). The van der Waals surface area contributed by atoms with Gasteiger partial charge in [-0.1, -0.05) is 11.6 Å². The number of benzene rings is 1. The molecule has 1 aromatic rings. The quantitative estimate of drug-likeness (QED) is 0.735. The molecule has 0 aliphatic carbocycles. The molecule has 3 heteroatoms. The summed E-state index contributed by atoms with van der Waals surface area (Å²) in [6, 6.07) is 8.06. The van der Waals surface area contributed by atoms with E-state index < -0.39 is 0 Å². The Morgan fingerprint density at radius 1 is 1.06 bits per heavy atom. The first kappa shape index (κ1) is 10.0. The third-order valence-electron chi connectivity index (χ3n) is 3.30. The summed E-state index contributed by atoms with van der Waals surface area (Å²) in [5.74, 6) is 0. The smallest absolute Gasteiger partial charge is 0.0944 e.